The SMILES string of the molecule is COC(=O)C1O[C@@H](Cc2ccc(CC(C#N)(/C=C(C)/C=C/C=C(C)/C=C/C3=C(C)CCCC3(C)C)O[Si](C)(C)C(C)(C)C)cc2)C(C)[C@@H](C)[C@@H]1C. The number of carbonyl (C=O) groups excluding carboxylic acids is 1. The maximum Gasteiger partial charge on any atom is 0.335 e. The largest absolute Gasteiger partial charge is 0.467 e. The Balaban J connectivity index is 1.85. The summed E-state index contributed by atoms with van der Waals surface area (Å²) < 4.78 is 18.4. The van der Waals surface area contributed by atoms with Crippen LogP contribution in [-0.2, 0) is 31.5 Å². The summed E-state index contributed by atoms with van der Waals surface area (Å²) in [6.07, 6.45) is 17.0. The highest BCUT2D eigenvalue weighted by molar-refractivity contribution is 6.74. The molecule has 280 valence electrons. The van der Waals surface area contributed by atoms with E-state index in [1.165, 1.54) is 43.1 Å². The van der Waals surface area contributed by atoms with Crippen molar-refractivity contribution in [1.82, 2.24) is 0 Å². The number of nitriles is 1. The third-order valence-corrected chi connectivity index (χ3v) is 16.6. The van der Waals surface area contributed by atoms with Gasteiger partial charge in [-0.2, -0.15) is 5.26 Å². The monoisotopic (exact) mass is 713 g/mol. The first kappa shape index (κ1) is 42.4. The second kappa shape index (κ2) is 17.2. The molecule has 1 aromatic rings. The molecule has 6 atom stereocenters. The lowest BCUT2D eigenvalue weighted by atomic mass is 9.72. The van der Waals surface area contributed by atoms with Crippen LogP contribution in [0.4, 0.5) is 0 Å². The number of benzene rings is 1. The summed E-state index contributed by atoms with van der Waals surface area (Å²) in [5.74, 6) is 0.414. The van der Waals surface area contributed by atoms with Crippen LogP contribution in [0.15, 0.2) is 83.0 Å². The van der Waals surface area contributed by atoms with Gasteiger partial charge in [-0.1, -0.05) is 127 Å². The normalized spacial score (nSPS) is 26.3. The van der Waals surface area contributed by atoms with Gasteiger partial charge in [0, 0.05) is 6.42 Å². The Morgan fingerprint density at radius 1 is 1.02 bits per heavy atom. The van der Waals surface area contributed by atoms with Crippen molar-refractivity contribution < 1.29 is 18.7 Å². The minimum Gasteiger partial charge on any atom is -0.467 e. The molecule has 0 saturated carbocycles. The Bertz CT molecular complexity index is 1560. The summed E-state index contributed by atoms with van der Waals surface area (Å²) in [5.41, 5.74) is 6.41. The first-order valence-electron chi connectivity index (χ1n) is 19.0. The van der Waals surface area contributed by atoms with Crippen LogP contribution in [0.3, 0.4) is 0 Å². The summed E-state index contributed by atoms with van der Waals surface area (Å²) >= 11 is 0. The van der Waals surface area contributed by atoms with E-state index in [9.17, 15) is 10.1 Å². The zero-order valence-electron chi connectivity index (χ0n) is 34.3. The van der Waals surface area contributed by atoms with E-state index in [-0.39, 0.29) is 28.4 Å². The van der Waals surface area contributed by atoms with Crippen molar-refractivity contribution in [2.75, 3.05) is 7.11 Å². The topological polar surface area (TPSA) is 68.5 Å². The molecule has 1 heterocycles. The quantitative estimate of drug-likeness (QED) is 0.123. The van der Waals surface area contributed by atoms with Gasteiger partial charge in [0.15, 0.2) is 20.0 Å². The minimum atomic E-state index is -2.33. The zero-order valence-corrected chi connectivity index (χ0v) is 35.3. The molecular formula is C45H67NO4Si. The maximum atomic E-state index is 12.5. The standard InChI is InChI=1S/C45H67NO4Si/c1-31(20-25-39-33(3)19-16-26-44(39,10)11)17-15-18-32(2)28-45(30-46,50-51(13,14)43(7,8)9)29-38-23-21-37(22-24-38)27-40-35(5)34(4)36(6)41(49-40)42(47)48-12/h15,17-18,20-25,28,34-36,40-41H,16,19,26-27,29H2,1-14H3/b18-15+,25-20+,31-17+,32-28+/t34-,35?,36+,40+,41?,45?/m1/s1. The van der Waals surface area contributed by atoms with Crippen molar-refractivity contribution in [2.45, 2.75) is 144 Å². The number of rotatable bonds is 12. The van der Waals surface area contributed by atoms with Crippen LogP contribution in [0.25, 0.3) is 0 Å². The van der Waals surface area contributed by atoms with Gasteiger partial charge in [-0.25, -0.2) is 4.79 Å². The molecule has 0 aromatic heterocycles. The molecule has 0 spiro atoms. The fraction of sp³-hybridized carbons (Fsp3) is 0.600. The molecule has 0 N–H and O–H groups in total. The lowest BCUT2D eigenvalue weighted by molar-refractivity contribution is -0.181. The maximum absolute atomic E-state index is 12.5. The predicted octanol–water partition coefficient (Wildman–Crippen LogP) is 11.4. The first-order chi connectivity index (χ1) is 23.6. The van der Waals surface area contributed by atoms with Crippen LogP contribution < -0.4 is 0 Å². The summed E-state index contributed by atoms with van der Waals surface area (Å²) in [4.78, 5) is 12.5. The molecule has 0 bridgehead atoms. The van der Waals surface area contributed by atoms with Crippen LogP contribution in [0.2, 0.25) is 18.1 Å². The van der Waals surface area contributed by atoms with Crippen molar-refractivity contribution >= 4 is 14.3 Å². The Morgan fingerprint density at radius 3 is 2.22 bits per heavy atom. The van der Waals surface area contributed by atoms with Gasteiger partial charge in [0.05, 0.1) is 13.2 Å². The molecule has 1 fully saturated rings. The van der Waals surface area contributed by atoms with Gasteiger partial charge in [-0.05, 0) is 111 Å². The molecule has 5 nitrogen and oxygen atoms in total. The molecule has 3 unspecified atom stereocenters. The number of nitrogens with zero attached hydrogens (tertiary/aromatic N) is 1. The van der Waals surface area contributed by atoms with Gasteiger partial charge in [0.2, 0.25) is 0 Å². The molecule has 1 saturated heterocycles. The van der Waals surface area contributed by atoms with E-state index in [0.29, 0.717) is 24.7 Å². The predicted molar refractivity (Wildman–Crippen MR) is 215 cm³/mol. The Kier molecular flexibility index (Phi) is 14.3. The van der Waals surface area contributed by atoms with Gasteiger partial charge in [-0.15, -0.1) is 0 Å². The lowest BCUT2D eigenvalue weighted by Gasteiger charge is -2.42. The average Bonchev–Trinajstić information content (AvgIpc) is 3.04. The number of methoxy groups -OCH3 is 1. The Labute approximate surface area is 312 Å². The second-order valence-corrected chi connectivity index (χ2v) is 22.4. The lowest BCUT2D eigenvalue weighted by Crippen LogP contribution is -2.49. The van der Waals surface area contributed by atoms with E-state index < -0.39 is 20.0 Å². The van der Waals surface area contributed by atoms with Crippen molar-refractivity contribution in [3.05, 3.63) is 94.1 Å². The van der Waals surface area contributed by atoms with E-state index in [2.05, 4.69) is 143 Å². The zero-order chi connectivity index (χ0) is 38.4. The van der Waals surface area contributed by atoms with Gasteiger partial charge >= 0.3 is 5.97 Å². The second-order valence-electron chi connectivity index (χ2n) is 17.7. The number of hydrogen-bond acceptors (Lipinski definition) is 5. The minimum absolute atomic E-state index is 0.0587. The molecule has 0 amide bonds. The molecule has 6 heteroatoms. The molecule has 3 rings (SSSR count). The highest BCUT2D eigenvalue weighted by atomic mass is 28.4. The van der Waals surface area contributed by atoms with E-state index in [1.54, 1.807) is 0 Å². The average molecular weight is 714 g/mol. The fourth-order valence-electron chi connectivity index (χ4n) is 7.35. The number of carbonyl (C=O) groups is 1. The fourth-order valence-corrected chi connectivity index (χ4v) is 8.74. The van der Waals surface area contributed by atoms with Gasteiger partial charge < -0.3 is 13.9 Å². The van der Waals surface area contributed by atoms with E-state index >= 15 is 0 Å². The molecular weight excluding hydrogens is 647 g/mol. The first-order valence-corrected chi connectivity index (χ1v) is 21.9. The third-order valence-electron chi connectivity index (χ3n) is 12.1. The van der Waals surface area contributed by atoms with E-state index in [4.69, 9.17) is 13.9 Å². The molecule has 51 heavy (non-hydrogen) atoms. The van der Waals surface area contributed by atoms with Crippen LogP contribution in [-0.4, -0.2) is 39.2 Å². The van der Waals surface area contributed by atoms with Crippen molar-refractivity contribution in [2.24, 2.45) is 23.2 Å². The third kappa shape index (κ3) is 11.0. The van der Waals surface area contributed by atoms with Crippen LogP contribution >= 0.6 is 0 Å². The molecule has 1 aliphatic heterocycles. The summed E-state index contributed by atoms with van der Waals surface area (Å²) in [7, 11) is -0.903. The summed E-state index contributed by atoms with van der Waals surface area (Å²) in [5, 5.41) is 10.8. The smallest absolute Gasteiger partial charge is 0.335 e. The van der Waals surface area contributed by atoms with Gasteiger partial charge in [-0.3, -0.25) is 0 Å². The highest BCUT2D eigenvalue weighted by Gasteiger charge is 2.45. The van der Waals surface area contributed by atoms with Crippen molar-refractivity contribution in [3.63, 3.8) is 0 Å². The summed E-state index contributed by atoms with van der Waals surface area (Å²) in [6.45, 7) is 28.7. The van der Waals surface area contributed by atoms with Crippen LogP contribution in [0, 0.1) is 34.5 Å². The Morgan fingerprint density at radius 2 is 1.65 bits per heavy atom. The molecule has 0 radical (unpaired) electrons. The molecule has 1 aromatic carbocycles. The number of hydrogen-bond donors (Lipinski definition) is 0. The van der Waals surface area contributed by atoms with Crippen LogP contribution in [0.5, 0.6) is 0 Å². The van der Waals surface area contributed by atoms with Crippen molar-refractivity contribution in [1.29, 1.82) is 5.26 Å². The molecule has 2 aliphatic rings. The van der Waals surface area contributed by atoms with E-state index in [0.717, 1.165) is 16.7 Å². The van der Waals surface area contributed by atoms with Gasteiger partial charge in [0.1, 0.15) is 6.07 Å². The molecule has 1 aliphatic carbocycles. The number of ether oxygens (including phenoxy) is 2. The van der Waals surface area contributed by atoms with E-state index in [1.807, 2.05) is 13.0 Å². The highest BCUT2D eigenvalue weighted by Crippen LogP contribution is 2.42. The van der Waals surface area contributed by atoms with Gasteiger partial charge in [0.25, 0.3) is 0 Å². The van der Waals surface area contributed by atoms with Crippen LogP contribution in [0.1, 0.15) is 107 Å². The number of esters is 1. The van der Waals surface area contributed by atoms with Crippen molar-refractivity contribution in [3.8, 4) is 6.07 Å². The summed E-state index contributed by atoms with van der Waals surface area (Å²) in [6, 6.07) is 11.1. The Hall–Kier alpha value is -2.98. The number of allylic oxidation sites excluding steroid dienone is 9.